The van der Waals surface area contributed by atoms with Crippen LogP contribution in [0.4, 0.5) is 0 Å². The minimum absolute atomic E-state index is 0.306. The van der Waals surface area contributed by atoms with Gasteiger partial charge in [0.1, 0.15) is 18.5 Å². The van der Waals surface area contributed by atoms with Crippen LogP contribution in [0.3, 0.4) is 0 Å². The Bertz CT molecular complexity index is 355. The number of aliphatic hydroxyl groups is 1. The van der Waals surface area contributed by atoms with Gasteiger partial charge in [0.05, 0.1) is 0 Å². The standard InChI is InChI=1S/C13H20BrNO2/c1-9(2)15-7-11(16)8-17-12-4-5-13(14)10(3)6-12/h4-6,9,11,15-16H,7-8H2,1-3H3. The van der Waals surface area contributed by atoms with Gasteiger partial charge in [0.15, 0.2) is 0 Å². The summed E-state index contributed by atoms with van der Waals surface area (Å²) in [6.07, 6.45) is -0.485. The number of hydrogen-bond acceptors (Lipinski definition) is 3. The van der Waals surface area contributed by atoms with Crippen LogP contribution in [-0.2, 0) is 0 Å². The monoisotopic (exact) mass is 301 g/mol. The van der Waals surface area contributed by atoms with Gasteiger partial charge in [-0.3, -0.25) is 0 Å². The van der Waals surface area contributed by atoms with Gasteiger partial charge in [-0.2, -0.15) is 0 Å². The molecule has 0 saturated heterocycles. The molecule has 1 aromatic carbocycles. The lowest BCUT2D eigenvalue weighted by Gasteiger charge is -2.15. The van der Waals surface area contributed by atoms with Crippen molar-refractivity contribution in [3.63, 3.8) is 0 Å². The Hall–Kier alpha value is -0.580. The third kappa shape index (κ3) is 5.52. The Morgan fingerprint density at radius 3 is 2.71 bits per heavy atom. The van der Waals surface area contributed by atoms with Gasteiger partial charge in [0.2, 0.25) is 0 Å². The highest BCUT2D eigenvalue weighted by Crippen LogP contribution is 2.21. The van der Waals surface area contributed by atoms with Crippen LogP contribution < -0.4 is 10.1 Å². The van der Waals surface area contributed by atoms with Crippen LogP contribution in [0.25, 0.3) is 0 Å². The highest BCUT2D eigenvalue weighted by molar-refractivity contribution is 9.10. The van der Waals surface area contributed by atoms with Gasteiger partial charge in [-0.1, -0.05) is 29.8 Å². The molecular formula is C13H20BrNO2. The fourth-order valence-corrected chi connectivity index (χ4v) is 1.58. The normalized spacial score (nSPS) is 12.8. The van der Waals surface area contributed by atoms with E-state index in [0.717, 1.165) is 15.8 Å². The summed E-state index contributed by atoms with van der Waals surface area (Å²) in [4.78, 5) is 0. The Morgan fingerprint density at radius 2 is 2.12 bits per heavy atom. The second kappa shape index (κ2) is 6.99. The van der Waals surface area contributed by atoms with Crippen LogP contribution in [0.5, 0.6) is 5.75 Å². The number of aryl methyl sites for hydroxylation is 1. The summed E-state index contributed by atoms with van der Waals surface area (Å²) in [6, 6.07) is 6.16. The number of halogens is 1. The first-order valence-electron chi connectivity index (χ1n) is 5.79. The lowest BCUT2D eigenvalue weighted by Crippen LogP contribution is -2.35. The SMILES string of the molecule is Cc1cc(OCC(O)CNC(C)C)ccc1Br. The van der Waals surface area contributed by atoms with Crippen molar-refractivity contribution in [3.05, 3.63) is 28.2 Å². The van der Waals surface area contributed by atoms with Gasteiger partial charge >= 0.3 is 0 Å². The van der Waals surface area contributed by atoms with Gasteiger partial charge in [-0.25, -0.2) is 0 Å². The minimum Gasteiger partial charge on any atom is -0.491 e. The summed E-state index contributed by atoms with van der Waals surface area (Å²) in [5.74, 6) is 0.786. The topological polar surface area (TPSA) is 41.5 Å². The van der Waals surface area contributed by atoms with Crippen molar-refractivity contribution in [2.45, 2.75) is 32.9 Å². The molecule has 0 radical (unpaired) electrons. The number of rotatable bonds is 6. The Labute approximate surface area is 111 Å². The van der Waals surface area contributed by atoms with Crippen LogP contribution in [0, 0.1) is 6.92 Å². The highest BCUT2D eigenvalue weighted by Gasteiger charge is 2.06. The third-order valence-corrected chi connectivity index (χ3v) is 3.22. The number of benzene rings is 1. The van der Waals surface area contributed by atoms with Crippen LogP contribution in [-0.4, -0.2) is 30.4 Å². The summed E-state index contributed by atoms with van der Waals surface area (Å²) in [6.45, 7) is 6.96. The van der Waals surface area contributed by atoms with Gasteiger partial charge in [0, 0.05) is 17.1 Å². The van der Waals surface area contributed by atoms with Gasteiger partial charge in [-0.15, -0.1) is 0 Å². The largest absolute Gasteiger partial charge is 0.491 e. The summed E-state index contributed by atoms with van der Waals surface area (Å²) >= 11 is 3.44. The predicted molar refractivity (Wildman–Crippen MR) is 73.5 cm³/mol. The molecule has 0 saturated carbocycles. The number of hydrogen-bond donors (Lipinski definition) is 2. The molecule has 3 nitrogen and oxygen atoms in total. The van der Waals surface area contributed by atoms with Crippen LogP contribution in [0.15, 0.2) is 22.7 Å². The molecule has 2 N–H and O–H groups in total. The van der Waals surface area contributed by atoms with Crippen molar-refractivity contribution < 1.29 is 9.84 Å². The van der Waals surface area contributed by atoms with Gasteiger partial charge in [-0.05, 0) is 30.7 Å². The van der Waals surface area contributed by atoms with E-state index >= 15 is 0 Å². The Morgan fingerprint density at radius 1 is 1.41 bits per heavy atom. The molecule has 4 heteroatoms. The molecule has 0 spiro atoms. The maximum atomic E-state index is 9.69. The van der Waals surface area contributed by atoms with E-state index in [2.05, 4.69) is 21.2 Å². The van der Waals surface area contributed by atoms with E-state index < -0.39 is 6.10 Å². The fraction of sp³-hybridized carbons (Fsp3) is 0.538. The fourth-order valence-electron chi connectivity index (χ4n) is 1.33. The predicted octanol–water partition coefficient (Wildman–Crippen LogP) is 2.50. The van der Waals surface area contributed by atoms with E-state index in [4.69, 9.17) is 4.74 Å². The van der Waals surface area contributed by atoms with E-state index in [1.54, 1.807) is 0 Å². The van der Waals surface area contributed by atoms with E-state index in [1.165, 1.54) is 0 Å². The first-order chi connectivity index (χ1) is 7.99. The first-order valence-corrected chi connectivity index (χ1v) is 6.58. The third-order valence-electron chi connectivity index (χ3n) is 2.33. The summed E-state index contributed by atoms with van der Waals surface area (Å²) in [7, 11) is 0. The summed E-state index contributed by atoms with van der Waals surface area (Å²) in [5, 5.41) is 12.9. The molecular weight excluding hydrogens is 282 g/mol. The van der Waals surface area contributed by atoms with Crippen molar-refractivity contribution in [3.8, 4) is 5.75 Å². The summed E-state index contributed by atoms with van der Waals surface area (Å²) in [5.41, 5.74) is 1.12. The van der Waals surface area contributed by atoms with Crippen LogP contribution >= 0.6 is 15.9 Å². The molecule has 0 heterocycles. The zero-order valence-electron chi connectivity index (χ0n) is 10.5. The average Bonchev–Trinajstić information content (AvgIpc) is 2.28. The molecule has 96 valence electrons. The summed E-state index contributed by atoms with van der Waals surface area (Å²) < 4.78 is 6.59. The molecule has 0 amide bonds. The second-order valence-corrected chi connectivity index (χ2v) is 5.29. The maximum Gasteiger partial charge on any atom is 0.119 e. The van der Waals surface area contributed by atoms with Crippen molar-refractivity contribution in [2.24, 2.45) is 0 Å². The number of ether oxygens (including phenoxy) is 1. The van der Waals surface area contributed by atoms with Crippen LogP contribution in [0.1, 0.15) is 19.4 Å². The zero-order chi connectivity index (χ0) is 12.8. The molecule has 0 bridgehead atoms. The Kier molecular flexibility index (Phi) is 5.95. The average molecular weight is 302 g/mol. The van der Waals surface area contributed by atoms with Crippen molar-refractivity contribution >= 4 is 15.9 Å². The zero-order valence-corrected chi connectivity index (χ0v) is 12.1. The molecule has 1 atom stereocenters. The van der Waals surface area contributed by atoms with E-state index in [9.17, 15) is 5.11 Å². The van der Waals surface area contributed by atoms with Gasteiger partial charge in [0.25, 0.3) is 0 Å². The molecule has 1 unspecified atom stereocenters. The van der Waals surface area contributed by atoms with E-state index in [-0.39, 0.29) is 0 Å². The number of aliphatic hydroxyl groups excluding tert-OH is 1. The second-order valence-electron chi connectivity index (χ2n) is 4.44. The molecule has 0 aliphatic carbocycles. The molecule has 0 fully saturated rings. The Balaban J connectivity index is 2.36. The smallest absolute Gasteiger partial charge is 0.119 e. The number of nitrogens with one attached hydrogen (secondary N) is 1. The molecule has 0 aromatic heterocycles. The van der Waals surface area contributed by atoms with Gasteiger partial charge < -0.3 is 15.2 Å². The van der Waals surface area contributed by atoms with E-state index in [0.29, 0.717) is 19.2 Å². The van der Waals surface area contributed by atoms with Crippen molar-refractivity contribution in [2.75, 3.05) is 13.2 Å². The van der Waals surface area contributed by atoms with E-state index in [1.807, 2.05) is 39.0 Å². The lowest BCUT2D eigenvalue weighted by atomic mass is 10.2. The highest BCUT2D eigenvalue weighted by atomic mass is 79.9. The van der Waals surface area contributed by atoms with Crippen LogP contribution in [0.2, 0.25) is 0 Å². The van der Waals surface area contributed by atoms with Crippen molar-refractivity contribution in [1.82, 2.24) is 5.32 Å². The molecule has 0 aliphatic rings. The lowest BCUT2D eigenvalue weighted by molar-refractivity contribution is 0.104. The maximum absolute atomic E-state index is 9.69. The molecule has 1 aromatic rings. The minimum atomic E-state index is -0.485. The first kappa shape index (κ1) is 14.5. The molecule has 1 rings (SSSR count). The molecule has 17 heavy (non-hydrogen) atoms. The van der Waals surface area contributed by atoms with Crippen molar-refractivity contribution in [1.29, 1.82) is 0 Å². The molecule has 0 aliphatic heterocycles. The quantitative estimate of drug-likeness (QED) is 0.848.